The summed E-state index contributed by atoms with van der Waals surface area (Å²) >= 11 is 6.56. The van der Waals surface area contributed by atoms with Gasteiger partial charge in [0, 0.05) is 45.1 Å². The van der Waals surface area contributed by atoms with Crippen LogP contribution in [0, 0.1) is 0 Å². The summed E-state index contributed by atoms with van der Waals surface area (Å²) in [7, 11) is 9.15. The highest BCUT2D eigenvalue weighted by atomic mass is 35.5. The maximum Gasteiger partial charge on any atom is 0.339 e. The first-order valence-electron chi connectivity index (χ1n) is 10.5. The van der Waals surface area contributed by atoms with Crippen LogP contribution in [0.4, 0.5) is 17.1 Å². The lowest BCUT2D eigenvalue weighted by Gasteiger charge is -2.16. The summed E-state index contributed by atoms with van der Waals surface area (Å²) in [4.78, 5) is 29.2. The molecule has 0 bridgehead atoms. The number of rotatable bonds is 7. The van der Waals surface area contributed by atoms with Gasteiger partial charge in [-0.1, -0.05) is 35.9 Å². The van der Waals surface area contributed by atoms with Crippen molar-refractivity contribution in [3.05, 3.63) is 76.8 Å². The van der Waals surface area contributed by atoms with Crippen LogP contribution in [0.1, 0.15) is 15.9 Å². The van der Waals surface area contributed by atoms with Crippen molar-refractivity contribution in [1.29, 1.82) is 0 Å². The molecule has 0 fully saturated rings. The molecule has 0 aliphatic rings. The summed E-state index contributed by atoms with van der Waals surface area (Å²) < 4.78 is 4.95. The smallest absolute Gasteiger partial charge is 0.339 e. The highest BCUT2D eigenvalue weighted by molar-refractivity contribution is 6.34. The third-order valence-electron chi connectivity index (χ3n) is 5.30. The molecule has 3 aromatic carbocycles. The van der Waals surface area contributed by atoms with E-state index in [1.807, 2.05) is 86.5 Å². The van der Waals surface area contributed by atoms with Gasteiger partial charge in [0.1, 0.15) is 0 Å². The topological polar surface area (TPSA) is 61.9 Å². The van der Waals surface area contributed by atoms with Gasteiger partial charge in [0.05, 0.1) is 29.8 Å². The Morgan fingerprint density at radius 2 is 1.42 bits per heavy atom. The number of amides is 1. The van der Waals surface area contributed by atoms with Crippen molar-refractivity contribution in [1.82, 2.24) is 0 Å². The van der Waals surface area contributed by atoms with Crippen molar-refractivity contribution in [3.63, 3.8) is 0 Å². The lowest BCUT2D eigenvalue weighted by Crippen LogP contribution is -2.17. The third-order valence-corrected chi connectivity index (χ3v) is 5.61. The van der Waals surface area contributed by atoms with E-state index < -0.39 is 5.97 Å². The van der Waals surface area contributed by atoms with E-state index in [-0.39, 0.29) is 17.9 Å². The number of halogens is 1. The van der Waals surface area contributed by atoms with Crippen LogP contribution in [-0.2, 0) is 16.0 Å². The number of methoxy groups -OCH3 is 1. The molecular formula is C26H28ClN3O3. The first-order chi connectivity index (χ1) is 15.7. The van der Waals surface area contributed by atoms with Gasteiger partial charge in [-0.3, -0.25) is 4.79 Å². The van der Waals surface area contributed by atoms with E-state index in [4.69, 9.17) is 16.3 Å². The molecule has 6 nitrogen and oxygen atoms in total. The molecule has 0 spiro atoms. The molecule has 0 saturated carbocycles. The van der Waals surface area contributed by atoms with Crippen molar-refractivity contribution in [2.45, 2.75) is 6.42 Å². The third kappa shape index (κ3) is 5.84. The van der Waals surface area contributed by atoms with Crippen LogP contribution in [-0.4, -0.2) is 47.2 Å². The van der Waals surface area contributed by atoms with Gasteiger partial charge in [-0.15, -0.1) is 0 Å². The largest absolute Gasteiger partial charge is 0.465 e. The maximum absolute atomic E-state index is 12.7. The average Bonchev–Trinajstić information content (AvgIpc) is 2.79. The van der Waals surface area contributed by atoms with Gasteiger partial charge in [-0.25, -0.2) is 4.79 Å². The molecule has 0 saturated heterocycles. The fourth-order valence-corrected chi connectivity index (χ4v) is 3.68. The van der Waals surface area contributed by atoms with Crippen LogP contribution in [0.5, 0.6) is 0 Å². The molecule has 0 heterocycles. The SMILES string of the molecule is COC(=O)c1cc(-c2ccc(N(C)C)cc2)c(Cl)cc1NC(=O)Cc1ccc(N(C)C)cc1. The molecule has 1 N–H and O–H groups in total. The van der Waals surface area contributed by atoms with Crippen molar-refractivity contribution in [2.75, 3.05) is 50.4 Å². The summed E-state index contributed by atoms with van der Waals surface area (Å²) in [5.74, 6) is -0.805. The lowest BCUT2D eigenvalue weighted by atomic mass is 10.0. The zero-order valence-electron chi connectivity index (χ0n) is 19.5. The van der Waals surface area contributed by atoms with Gasteiger partial charge in [0.25, 0.3) is 0 Å². The minimum atomic E-state index is -0.552. The van der Waals surface area contributed by atoms with E-state index in [0.717, 1.165) is 22.5 Å². The molecule has 0 atom stereocenters. The minimum Gasteiger partial charge on any atom is -0.465 e. The Balaban J connectivity index is 1.87. The molecule has 172 valence electrons. The molecule has 0 aliphatic carbocycles. The Kier molecular flexibility index (Phi) is 7.61. The highest BCUT2D eigenvalue weighted by Gasteiger charge is 2.18. The summed E-state index contributed by atoms with van der Waals surface area (Å²) in [6.07, 6.45) is 0.166. The first kappa shape index (κ1) is 24.1. The van der Waals surface area contributed by atoms with Gasteiger partial charge in [-0.05, 0) is 47.5 Å². The summed E-state index contributed by atoms with van der Waals surface area (Å²) in [6.45, 7) is 0. The Labute approximate surface area is 199 Å². The van der Waals surface area contributed by atoms with Crippen molar-refractivity contribution < 1.29 is 14.3 Å². The number of anilines is 3. The number of nitrogens with one attached hydrogen (secondary N) is 1. The molecule has 0 unspecified atom stereocenters. The van der Waals surface area contributed by atoms with Crippen LogP contribution >= 0.6 is 11.6 Å². The second-order valence-electron chi connectivity index (χ2n) is 8.10. The zero-order valence-corrected chi connectivity index (χ0v) is 20.2. The molecule has 0 aromatic heterocycles. The molecule has 3 aromatic rings. The maximum atomic E-state index is 12.7. The molecular weight excluding hydrogens is 438 g/mol. The molecule has 1 amide bonds. The van der Waals surface area contributed by atoms with Gasteiger partial charge >= 0.3 is 5.97 Å². The normalized spacial score (nSPS) is 10.5. The van der Waals surface area contributed by atoms with Crippen molar-refractivity contribution in [3.8, 4) is 11.1 Å². The van der Waals surface area contributed by atoms with E-state index in [2.05, 4.69) is 5.32 Å². The second kappa shape index (κ2) is 10.4. The summed E-state index contributed by atoms with van der Waals surface area (Å²) in [5.41, 5.74) is 5.05. The quantitative estimate of drug-likeness (QED) is 0.491. The summed E-state index contributed by atoms with van der Waals surface area (Å²) in [6, 6.07) is 18.8. The average molecular weight is 466 g/mol. The number of hydrogen-bond acceptors (Lipinski definition) is 5. The number of benzene rings is 3. The fourth-order valence-electron chi connectivity index (χ4n) is 3.41. The fraction of sp³-hybridized carbons (Fsp3) is 0.231. The molecule has 0 radical (unpaired) electrons. The Hall–Kier alpha value is -3.51. The van der Waals surface area contributed by atoms with Crippen molar-refractivity contribution >= 4 is 40.5 Å². The first-order valence-corrected chi connectivity index (χ1v) is 10.8. The number of esters is 1. The number of nitrogens with zero attached hydrogens (tertiary/aromatic N) is 2. The Morgan fingerprint density at radius 3 is 1.94 bits per heavy atom. The van der Waals surface area contributed by atoms with Gasteiger partial charge in [-0.2, -0.15) is 0 Å². The zero-order chi connectivity index (χ0) is 24.1. The lowest BCUT2D eigenvalue weighted by molar-refractivity contribution is -0.115. The van der Waals surface area contributed by atoms with Gasteiger partial charge in [0.15, 0.2) is 0 Å². The predicted octanol–water partition coefficient (Wildman–Crippen LogP) is 5.11. The Morgan fingerprint density at radius 1 is 0.879 bits per heavy atom. The van der Waals surface area contributed by atoms with Crippen LogP contribution in [0.3, 0.4) is 0 Å². The van der Waals surface area contributed by atoms with E-state index in [9.17, 15) is 9.59 Å². The van der Waals surface area contributed by atoms with E-state index in [1.54, 1.807) is 12.1 Å². The second-order valence-corrected chi connectivity index (χ2v) is 8.50. The number of carbonyl (C=O) groups excluding carboxylic acids is 2. The van der Waals surface area contributed by atoms with Crippen LogP contribution < -0.4 is 15.1 Å². The summed E-state index contributed by atoms with van der Waals surface area (Å²) in [5, 5.41) is 3.24. The predicted molar refractivity (Wildman–Crippen MR) is 136 cm³/mol. The molecule has 0 aliphatic heterocycles. The number of hydrogen-bond donors (Lipinski definition) is 1. The van der Waals surface area contributed by atoms with Crippen LogP contribution in [0.2, 0.25) is 5.02 Å². The monoisotopic (exact) mass is 465 g/mol. The van der Waals surface area contributed by atoms with Crippen LogP contribution in [0.25, 0.3) is 11.1 Å². The van der Waals surface area contributed by atoms with E-state index in [0.29, 0.717) is 16.3 Å². The molecule has 33 heavy (non-hydrogen) atoms. The van der Waals surface area contributed by atoms with Crippen molar-refractivity contribution in [2.24, 2.45) is 0 Å². The number of carbonyl (C=O) groups is 2. The van der Waals surface area contributed by atoms with Crippen LogP contribution in [0.15, 0.2) is 60.7 Å². The Bertz CT molecular complexity index is 1140. The van der Waals surface area contributed by atoms with Gasteiger partial charge < -0.3 is 19.9 Å². The molecule has 7 heteroatoms. The standard InChI is InChI=1S/C26H28ClN3O3/c1-29(2)19-10-6-17(7-11-19)14-25(31)28-24-16-23(27)21(15-22(24)26(32)33-5)18-8-12-20(13-9-18)30(3)4/h6-13,15-16H,14H2,1-5H3,(H,28,31). The minimum absolute atomic E-state index is 0.166. The van der Waals surface area contributed by atoms with E-state index >= 15 is 0 Å². The highest BCUT2D eigenvalue weighted by Crippen LogP contribution is 2.34. The molecule has 3 rings (SSSR count). The van der Waals surface area contributed by atoms with Gasteiger partial charge in [0.2, 0.25) is 5.91 Å². The number of ether oxygens (including phenoxy) is 1. The van der Waals surface area contributed by atoms with E-state index in [1.165, 1.54) is 7.11 Å².